The lowest BCUT2D eigenvalue weighted by Crippen LogP contribution is -2.13. The van der Waals surface area contributed by atoms with Crippen LogP contribution in [0.25, 0.3) is 11.3 Å². The smallest absolute Gasteiger partial charge is 0.268 e. The third-order valence-corrected chi connectivity index (χ3v) is 5.61. The average molecular weight is 371 g/mol. The summed E-state index contributed by atoms with van der Waals surface area (Å²) in [5.74, 6) is 0. The summed E-state index contributed by atoms with van der Waals surface area (Å²) in [7, 11) is -3.99. The van der Waals surface area contributed by atoms with E-state index >= 15 is 0 Å². The number of benzene rings is 2. The number of hydrogen-bond donors (Lipinski definition) is 0. The van der Waals surface area contributed by atoms with Gasteiger partial charge in [0.1, 0.15) is 6.07 Å². The Bertz CT molecular complexity index is 1100. The number of nitriles is 1. The molecule has 124 valence electrons. The summed E-state index contributed by atoms with van der Waals surface area (Å²) in [6.45, 7) is 0. The molecule has 0 unspecified atom stereocenters. The first kappa shape index (κ1) is 17.0. The van der Waals surface area contributed by atoms with Crippen molar-refractivity contribution in [2.24, 2.45) is 0 Å². The first-order valence-electron chi connectivity index (χ1n) is 7.15. The third kappa shape index (κ3) is 3.07. The molecule has 0 N–H and O–H groups in total. The Labute approximate surface area is 149 Å². The Morgan fingerprint density at radius 3 is 2.40 bits per heavy atom. The van der Waals surface area contributed by atoms with E-state index in [1.54, 1.807) is 24.3 Å². The topological polar surface area (TPSA) is 79.9 Å². The normalized spacial score (nSPS) is 11.0. The number of carbonyl (C=O) groups is 1. The number of aldehydes is 1. The summed E-state index contributed by atoms with van der Waals surface area (Å²) in [6, 6.07) is 16.1. The average Bonchev–Trinajstić information content (AvgIpc) is 3.07. The van der Waals surface area contributed by atoms with Gasteiger partial charge < -0.3 is 0 Å². The molecular weight excluding hydrogens is 360 g/mol. The second-order valence-corrected chi connectivity index (χ2v) is 7.42. The van der Waals surface area contributed by atoms with E-state index in [0.717, 1.165) is 3.97 Å². The van der Waals surface area contributed by atoms with Crippen molar-refractivity contribution in [3.63, 3.8) is 0 Å². The Hall–Kier alpha value is -2.88. The molecule has 0 radical (unpaired) electrons. The molecule has 0 amide bonds. The Morgan fingerprint density at radius 2 is 1.80 bits per heavy atom. The van der Waals surface area contributed by atoms with Crippen LogP contribution >= 0.6 is 11.6 Å². The predicted octanol–water partition coefficient (Wildman–Crippen LogP) is 3.73. The van der Waals surface area contributed by atoms with Gasteiger partial charge in [-0.15, -0.1) is 0 Å². The molecule has 3 aromatic rings. The van der Waals surface area contributed by atoms with Crippen LogP contribution in [0.4, 0.5) is 0 Å². The second kappa shape index (κ2) is 6.55. The molecular formula is C18H11ClN2O3S. The van der Waals surface area contributed by atoms with Crippen molar-refractivity contribution < 1.29 is 13.2 Å². The van der Waals surface area contributed by atoms with Crippen LogP contribution in [0, 0.1) is 11.3 Å². The lowest BCUT2D eigenvalue weighted by atomic mass is 10.1. The summed E-state index contributed by atoms with van der Waals surface area (Å²) in [4.78, 5) is 11.1. The quantitative estimate of drug-likeness (QED) is 0.655. The number of rotatable bonds is 4. The zero-order valence-electron chi connectivity index (χ0n) is 12.8. The SMILES string of the molecule is N#Cc1ccc(S(=O)(=O)n2cc(C=O)cc2-c2ccccc2)cc1Cl. The molecule has 0 spiro atoms. The van der Waals surface area contributed by atoms with Gasteiger partial charge in [0.15, 0.2) is 6.29 Å². The van der Waals surface area contributed by atoms with Crippen LogP contribution in [0.15, 0.2) is 65.7 Å². The molecule has 0 saturated heterocycles. The van der Waals surface area contributed by atoms with Gasteiger partial charge in [0.2, 0.25) is 0 Å². The van der Waals surface area contributed by atoms with E-state index in [1.807, 2.05) is 12.1 Å². The van der Waals surface area contributed by atoms with E-state index in [1.165, 1.54) is 30.5 Å². The molecule has 1 aromatic heterocycles. The van der Waals surface area contributed by atoms with Crippen LogP contribution in [-0.2, 0) is 10.0 Å². The maximum Gasteiger partial charge on any atom is 0.268 e. The van der Waals surface area contributed by atoms with Gasteiger partial charge in [-0.3, -0.25) is 4.79 Å². The van der Waals surface area contributed by atoms with Gasteiger partial charge in [0.05, 0.1) is 21.2 Å². The zero-order valence-corrected chi connectivity index (χ0v) is 14.3. The first-order valence-corrected chi connectivity index (χ1v) is 8.97. The number of hydrogen-bond acceptors (Lipinski definition) is 4. The van der Waals surface area contributed by atoms with Gasteiger partial charge in [-0.1, -0.05) is 41.9 Å². The van der Waals surface area contributed by atoms with Crippen molar-refractivity contribution in [1.82, 2.24) is 3.97 Å². The summed E-state index contributed by atoms with van der Waals surface area (Å²) in [6.07, 6.45) is 1.85. The summed E-state index contributed by atoms with van der Waals surface area (Å²) in [5, 5.41) is 8.98. The molecule has 0 atom stereocenters. The molecule has 0 saturated carbocycles. The van der Waals surface area contributed by atoms with Gasteiger partial charge in [0, 0.05) is 11.8 Å². The monoisotopic (exact) mass is 370 g/mol. The highest BCUT2D eigenvalue weighted by Gasteiger charge is 2.22. The molecule has 0 bridgehead atoms. The van der Waals surface area contributed by atoms with E-state index in [0.29, 0.717) is 17.5 Å². The molecule has 0 aliphatic carbocycles. The zero-order chi connectivity index (χ0) is 18.0. The number of carbonyl (C=O) groups excluding carboxylic acids is 1. The Kier molecular flexibility index (Phi) is 4.45. The van der Waals surface area contributed by atoms with Crippen LogP contribution in [0.5, 0.6) is 0 Å². The summed E-state index contributed by atoms with van der Waals surface area (Å²) < 4.78 is 27.1. The summed E-state index contributed by atoms with van der Waals surface area (Å²) in [5.41, 5.74) is 1.44. The van der Waals surface area contributed by atoms with Crippen LogP contribution < -0.4 is 0 Å². The predicted molar refractivity (Wildman–Crippen MR) is 94.0 cm³/mol. The Morgan fingerprint density at radius 1 is 1.08 bits per heavy atom. The molecule has 2 aromatic carbocycles. The maximum atomic E-state index is 13.0. The van der Waals surface area contributed by atoms with Crippen LogP contribution in [-0.4, -0.2) is 18.7 Å². The molecule has 1 heterocycles. The second-order valence-electron chi connectivity index (χ2n) is 5.20. The van der Waals surface area contributed by atoms with Gasteiger partial charge in [-0.05, 0) is 29.8 Å². The van der Waals surface area contributed by atoms with Crippen molar-refractivity contribution in [2.45, 2.75) is 4.90 Å². The van der Waals surface area contributed by atoms with Gasteiger partial charge in [0.25, 0.3) is 10.0 Å². The molecule has 5 nitrogen and oxygen atoms in total. The minimum atomic E-state index is -3.99. The van der Waals surface area contributed by atoms with Crippen LogP contribution in [0.3, 0.4) is 0 Å². The van der Waals surface area contributed by atoms with E-state index < -0.39 is 10.0 Å². The first-order chi connectivity index (χ1) is 12.0. The van der Waals surface area contributed by atoms with Crippen LogP contribution in [0.1, 0.15) is 15.9 Å². The van der Waals surface area contributed by atoms with E-state index in [2.05, 4.69) is 0 Å². The van der Waals surface area contributed by atoms with E-state index in [-0.39, 0.29) is 21.0 Å². The minimum Gasteiger partial charge on any atom is -0.298 e. The lowest BCUT2D eigenvalue weighted by molar-refractivity contribution is 0.112. The highest BCUT2D eigenvalue weighted by Crippen LogP contribution is 2.28. The lowest BCUT2D eigenvalue weighted by Gasteiger charge is -2.11. The van der Waals surface area contributed by atoms with Crippen molar-refractivity contribution in [2.75, 3.05) is 0 Å². The van der Waals surface area contributed by atoms with Gasteiger partial charge >= 0.3 is 0 Å². The molecule has 7 heteroatoms. The van der Waals surface area contributed by atoms with E-state index in [4.69, 9.17) is 16.9 Å². The summed E-state index contributed by atoms with van der Waals surface area (Å²) >= 11 is 5.96. The molecule has 0 fully saturated rings. The van der Waals surface area contributed by atoms with Crippen molar-refractivity contribution in [3.05, 3.63) is 76.9 Å². The molecule has 25 heavy (non-hydrogen) atoms. The van der Waals surface area contributed by atoms with Crippen molar-refractivity contribution in [1.29, 1.82) is 5.26 Å². The standard InChI is InChI=1S/C18H11ClN2O3S/c19-17-9-16(7-6-15(17)10-20)25(23,24)21-11-13(12-22)8-18(21)14-4-2-1-3-5-14/h1-9,11-12H. The minimum absolute atomic E-state index is 0.0487. The van der Waals surface area contributed by atoms with Crippen molar-refractivity contribution >= 4 is 27.9 Å². The van der Waals surface area contributed by atoms with Crippen LogP contribution in [0.2, 0.25) is 5.02 Å². The molecule has 0 aliphatic rings. The highest BCUT2D eigenvalue weighted by atomic mass is 35.5. The number of nitrogens with zero attached hydrogens (tertiary/aromatic N) is 2. The fraction of sp³-hybridized carbons (Fsp3) is 0. The number of aromatic nitrogens is 1. The fourth-order valence-electron chi connectivity index (χ4n) is 2.41. The Balaban J connectivity index is 2.22. The third-order valence-electron chi connectivity index (χ3n) is 3.63. The molecule has 3 rings (SSSR count). The fourth-order valence-corrected chi connectivity index (χ4v) is 4.11. The van der Waals surface area contributed by atoms with Crippen molar-refractivity contribution in [3.8, 4) is 17.3 Å². The highest BCUT2D eigenvalue weighted by molar-refractivity contribution is 7.90. The maximum absolute atomic E-state index is 13.0. The largest absolute Gasteiger partial charge is 0.298 e. The van der Waals surface area contributed by atoms with E-state index in [9.17, 15) is 13.2 Å². The molecule has 0 aliphatic heterocycles. The van der Waals surface area contributed by atoms with Gasteiger partial charge in [-0.25, -0.2) is 12.4 Å². The van der Waals surface area contributed by atoms with Gasteiger partial charge in [-0.2, -0.15) is 5.26 Å². The number of halogens is 1.